The highest BCUT2D eigenvalue weighted by molar-refractivity contribution is 5.76. The topological polar surface area (TPSA) is 64.4 Å². The summed E-state index contributed by atoms with van der Waals surface area (Å²) in [5.41, 5.74) is 2.00. The molecule has 1 atom stereocenters. The highest BCUT2D eigenvalue weighted by Crippen LogP contribution is 2.39. The third-order valence-corrected chi connectivity index (χ3v) is 5.12. The van der Waals surface area contributed by atoms with Crippen LogP contribution in [-0.2, 0) is 16.0 Å². The molecule has 1 saturated heterocycles. The number of hydrogen-bond acceptors (Lipinski definition) is 4. The van der Waals surface area contributed by atoms with Crippen molar-refractivity contribution in [1.29, 1.82) is 0 Å². The molecule has 22 heavy (non-hydrogen) atoms. The van der Waals surface area contributed by atoms with Crippen LogP contribution < -0.4 is 5.32 Å². The third-order valence-electron chi connectivity index (χ3n) is 5.12. The second-order valence-corrected chi connectivity index (χ2v) is 6.83. The van der Waals surface area contributed by atoms with Gasteiger partial charge in [-0.15, -0.1) is 0 Å². The van der Waals surface area contributed by atoms with Crippen LogP contribution in [0.5, 0.6) is 0 Å². The lowest BCUT2D eigenvalue weighted by atomic mass is 9.82. The van der Waals surface area contributed by atoms with Crippen LogP contribution in [0.1, 0.15) is 62.0 Å². The fourth-order valence-corrected chi connectivity index (χ4v) is 3.88. The van der Waals surface area contributed by atoms with Crippen molar-refractivity contribution in [3.63, 3.8) is 0 Å². The van der Waals surface area contributed by atoms with Crippen LogP contribution in [0.25, 0.3) is 0 Å². The molecule has 1 aliphatic carbocycles. The van der Waals surface area contributed by atoms with Gasteiger partial charge >= 0.3 is 0 Å². The van der Waals surface area contributed by atoms with Crippen LogP contribution in [0.2, 0.25) is 0 Å². The van der Waals surface area contributed by atoms with Gasteiger partial charge in [0, 0.05) is 12.0 Å². The zero-order valence-electron chi connectivity index (χ0n) is 13.6. The van der Waals surface area contributed by atoms with Crippen LogP contribution in [0.4, 0.5) is 0 Å². The van der Waals surface area contributed by atoms with Crippen LogP contribution in [0.15, 0.2) is 4.52 Å². The van der Waals surface area contributed by atoms with Crippen LogP contribution in [-0.4, -0.2) is 29.3 Å². The van der Waals surface area contributed by atoms with E-state index in [1.54, 1.807) is 0 Å². The molecule has 1 saturated carbocycles. The molecule has 3 rings (SSSR count). The Morgan fingerprint density at radius 2 is 2.09 bits per heavy atom. The summed E-state index contributed by atoms with van der Waals surface area (Å²) in [4.78, 5) is 12.2. The predicted octanol–water partition coefficient (Wildman–Crippen LogP) is 2.83. The maximum absolute atomic E-state index is 12.2. The number of aryl methyl sites for hydroxylation is 2. The van der Waals surface area contributed by atoms with Gasteiger partial charge in [-0.2, -0.15) is 0 Å². The Morgan fingerprint density at radius 1 is 1.32 bits per heavy atom. The standard InChI is InChI=1S/C17H26N2O3/c1-12-15(13(2)22-19-12)6-7-16(20)18-14-10-17(21-11-14)8-4-3-5-9-17/h14H,3-11H2,1-2H3,(H,18,20)/t14-/m0/s1. The van der Waals surface area contributed by atoms with E-state index in [-0.39, 0.29) is 17.6 Å². The maximum Gasteiger partial charge on any atom is 0.220 e. The largest absolute Gasteiger partial charge is 0.373 e. The van der Waals surface area contributed by atoms with Gasteiger partial charge in [0.25, 0.3) is 0 Å². The molecule has 1 spiro atoms. The summed E-state index contributed by atoms with van der Waals surface area (Å²) in [5.74, 6) is 0.914. The molecule has 0 aromatic carbocycles. The Kier molecular flexibility index (Phi) is 4.52. The van der Waals surface area contributed by atoms with Crippen molar-refractivity contribution in [2.45, 2.75) is 76.9 Å². The predicted molar refractivity (Wildman–Crippen MR) is 82.6 cm³/mol. The number of carbonyl (C=O) groups is 1. The number of rotatable bonds is 4. The summed E-state index contributed by atoms with van der Waals surface area (Å²) in [6, 6.07) is 0.176. The summed E-state index contributed by atoms with van der Waals surface area (Å²) < 4.78 is 11.2. The number of carbonyl (C=O) groups excluding carboxylic acids is 1. The molecule has 1 aliphatic heterocycles. The lowest BCUT2D eigenvalue weighted by Crippen LogP contribution is -2.37. The average molecular weight is 306 g/mol. The van der Waals surface area contributed by atoms with E-state index in [0.29, 0.717) is 19.4 Å². The van der Waals surface area contributed by atoms with E-state index in [4.69, 9.17) is 9.26 Å². The molecule has 1 aromatic heterocycles. The average Bonchev–Trinajstić information content (AvgIpc) is 3.02. The third kappa shape index (κ3) is 3.35. The van der Waals surface area contributed by atoms with Gasteiger partial charge in [-0.1, -0.05) is 24.4 Å². The maximum atomic E-state index is 12.2. The van der Waals surface area contributed by atoms with Gasteiger partial charge in [0.2, 0.25) is 5.91 Å². The molecule has 0 unspecified atom stereocenters. The van der Waals surface area contributed by atoms with Crippen molar-refractivity contribution in [3.05, 3.63) is 17.0 Å². The summed E-state index contributed by atoms with van der Waals surface area (Å²) in [7, 11) is 0. The molecule has 1 aromatic rings. The number of hydrogen-bond donors (Lipinski definition) is 1. The molecular weight excluding hydrogens is 280 g/mol. The number of amides is 1. The summed E-state index contributed by atoms with van der Waals surface area (Å²) in [6.45, 7) is 4.48. The molecule has 1 amide bonds. The molecule has 5 heteroatoms. The first kappa shape index (κ1) is 15.5. The second-order valence-electron chi connectivity index (χ2n) is 6.83. The van der Waals surface area contributed by atoms with Crippen molar-refractivity contribution in [2.24, 2.45) is 0 Å². The molecule has 0 radical (unpaired) electrons. The van der Waals surface area contributed by atoms with E-state index in [2.05, 4.69) is 10.5 Å². The summed E-state index contributed by atoms with van der Waals surface area (Å²) in [5, 5.41) is 7.06. The van der Waals surface area contributed by atoms with Crippen molar-refractivity contribution < 1.29 is 14.1 Å². The highest BCUT2D eigenvalue weighted by atomic mass is 16.5. The first-order valence-electron chi connectivity index (χ1n) is 8.43. The zero-order valence-corrected chi connectivity index (χ0v) is 13.6. The van der Waals surface area contributed by atoms with Gasteiger partial charge < -0.3 is 14.6 Å². The molecular formula is C17H26N2O3. The van der Waals surface area contributed by atoms with Gasteiger partial charge in [0.1, 0.15) is 5.76 Å². The van der Waals surface area contributed by atoms with Gasteiger partial charge in [-0.25, -0.2) is 0 Å². The second kappa shape index (κ2) is 6.41. The number of ether oxygens (including phenoxy) is 1. The van der Waals surface area contributed by atoms with E-state index < -0.39 is 0 Å². The lowest BCUT2D eigenvalue weighted by molar-refractivity contribution is -0.121. The van der Waals surface area contributed by atoms with Crippen LogP contribution in [0.3, 0.4) is 0 Å². The zero-order chi connectivity index (χ0) is 15.6. The van der Waals surface area contributed by atoms with Crippen LogP contribution in [0, 0.1) is 13.8 Å². The van der Waals surface area contributed by atoms with Gasteiger partial charge in [-0.3, -0.25) is 4.79 Å². The smallest absolute Gasteiger partial charge is 0.220 e. The molecule has 1 N–H and O–H groups in total. The summed E-state index contributed by atoms with van der Waals surface area (Å²) in [6.07, 6.45) is 8.28. The molecule has 0 bridgehead atoms. The molecule has 2 heterocycles. The monoisotopic (exact) mass is 306 g/mol. The minimum atomic E-state index is 0.0534. The fraction of sp³-hybridized carbons (Fsp3) is 0.765. The van der Waals surface area contributed by atoms with Gasteiger partial charge in [0.15, 0.2) is 0 Å². The fourth-order valence-electron chi connectivity index (χ4n) is 3.88. The van der Waals surface area contributed by atoms with Crippen molar-refractivity contribution in [2.75, 3.05) is 6.61 Å². The normalized spacial score (nSPS) is 23.8. The Hall–Kier alpha value is -1.36. The van der Waals surface area contributed by atoms with Gasteiger partial charge in [0.05, 0.1) is 23.9 Å². The van der Waals surface area contributed by atoms with Gasteiger partial charge in [-0.05, 0) is 39.5 Å². The first-order valence-corrected chi connectivity index (χ1v) is 8.43. The quantitative estimate of drug-likeness (QED) is 0.929. The summed E-state index contributed by atoms with van der Waals surface area (Å²) >= 11 is 0. The Bertz CT molecular complexity index is 513. The van der Waals surface area contributed by atoms with E-state index in [9.17, 15) is 4.79 Å². The molecule has 2 aliphatic rings. The Morgan fingerprint density at radius 3 is 2.77 bits per heavy atom. The lowest BCUT2D eigenvalue weighted by Gasteiger charge is -2.32. The number of aromatic nitrogens is 1. The minimum Gasteiger partial charge on any atom is -0.373 e. The number of nitrogens with one attached hydrogen (secondary N) is 1. The SMILES string of the molecule is Cc1noc(C)c1CCC(=O)N[C@@H]1COC2(CCCCC2)C1. The molecule has 122 valence electrons. The van der Waals surface area contributed by atoms with Crippen molar-refractivity contribution in [1.82, 2.24) is 10.5 Å². The first-order chi connectivity index (χ1) is 10.6. The van der Waals surface area contributed by atoms with E-state index in [0.717, 1.165) is 36.3 Å². The van der Waals surface area contributed by atoms with Crippen molar-refractivity contribution >= 4 is 5.91 Å². The van der Waals surface area contributed by atoms with E-state index in [1.165, 1.54) is 19.3 Å². The number of nitrogens with zero attached hydrogens (tertiary/aromatic N) is 1. The van der Waals surface area contributed by atoms with E-state index >= 15 is 0 Å². The molecule has 2 fully saturated rings. The Balaban J connectivity index is 1.46. The van der Waals surface area contributed by atoms with Crippen molar-refractivity contribution in [3.8, 4) is 0 Å². The highest BCUT2D eigenvalue weighted by Gasteiger charge is 2.41. The minimum absolute atomic E-state index is 0.0534. The molecule has 5 nitrogen and oxygen atoms in total. The Labute approximate surface area is 131 Å². The van der Waals surface area contributed by atoms with E-state index in [1.807, 2.05) is 13.8 Å². The van der Waals surface area contributed by atoms with Crippen LogP contribution >= 0.6 is 0 Å².